The molecule has 2 aliphatic heterocycles. The quantitative estimate of drug-likeness (QED) is 0.554. The first-order chi connectivity index (χ1) is 16.5. The van der Waals surface area contributed by atoms with Crippen LogP contribution in [0.5, 0.6) is 23.0 Å². The van der Waals surface area contributed by atoms with E-state index in [1.165, 1.54) is 6.42 Å². The maximum absolute atomic E-state index is 10.0. The zero-order chi connectivity index (χ0) is 23.7. The Morgan fingerprint density at radius 2 is 1.69 bits per heavy atom. The molecule has 2 aliphatic rings. The number of nitrogens with zero attached hydrogens (tertiary/aromatic N) is 1. The van der Waals surface area contributed by atoms with E-state index in [0.717, 1.165) is 59.1 Å². The standard InChI is InChI=1S/C29H31NO4.ClH/c1-19-13-14-30(18-19)15-16-33-25-10-5-22(6-11-25)29-28(21-3-7-23(31)8-4-21)20(2)26-12-9-24(32)17-27(26)34-29;/h3-12,17,19,29,31-32H,13-16,18H2,1-2H3;1H/p-1/t19-,29+;/m1./s1. The summed E-state index contributed by atoms with van der Waals surface area (Å²) in [4.78, 5) is 2.46. The average Bonchev–Trinajstić information content (AvgIpc) is 3.25. The summed E-state index contributed by atoms with van der Waals surface area (Å²) in [6.07, 6.45) is 0.923. The second-order valence-corrected chi connectivity index (χ2v) is 9.38. The van der Waals surface area contributed by atoms with Crippen LogP contribution >= 0.6 is 0 Å². The van der Waals surface area contributed by atoms with Gasteiger partial charge in [-0.15, -0.1) is 0 Å². The average molecular weight is 493 g/mol. The van der Waals surface area contributed by atoms with E-state index in [1.54, 1.807) is 24.3 Å². The molecule has 5 nitrogen and oxygen atoms in total. The number of ether oxygens (including phenoxy) is 2. The summed E-state index contributed by atoms with van der Waals surface area (Å²) in [6.45, 7) is 8.32. The molecular formula is C29H31ClNO4-. The smallest absolute Gasteiger partial charge is 0.150 e. The number of hydrogen-bond acceptors (Lipinski definition) is 5. The number of likely N-dealkylation sites (tertiary alicyclic amines) is 1. The zero-order valence-electron chi connectivity index (χ0n) is 20.1. The molecule has 2 N–H and O–H groups in total. The van der Waals surface area contributed by atoms with Gasteiger partial charge in [0.1, 0.15) is 35.7 Å². The summed E-state index contributed by atoms with van der Waals surface area (Å²) in [6, 6.07) is 20.5. The number of benzene rings is 3. The third-order valence-corrected chi connectivity index (χ3v) is 6.83. The van der Waals surface area contributed by atoms with Gasteiger partial charge in [-0.1, -0.05) is 31.2 Å². The largest absolute Gasteiger partial charge is 1.00 e. The Kier molecular flexibility index (Phi) is 7.58. The lowest BCUT2D eigenvalue weighted by atomic mass is 9.86. The maximum Gasteiger partial charge on any atom is 0.150 e. The van der Waals surface area contributed by atoms with Crippen LogP contribution in [0.15, 0.2) is 66.7 Å². The normalized spacial score (nSPS) is 19.6. The summed E-state index contributed by atoms with van der Waals surface area (Å²) in [5.41, 5.74) is 5.05. The molecule has 0 bridgehead atoms. The summed E-state index contributed by atoms with van der Waals surface area (Å²) >= 11 is 0. The highest BCUT2D eigenvalue weighted by Crippen LogP contribution is 2.47. The van der Waals surface area contributed by atoms with Crippen molar-refractivity contribution >= 4 is 11.1 Å². The summed E-state index contributed by atoms with van der Waals surface area (Å²) < 4.78 is 12.4. The van der Waals surface area contributed by atoms with Crippen molar-refractivity contribution in [1.82, 2.24) is 4.90 Å². The van der Waals surface area contributed by atoms with E-state index in [-0.39, 0.29) is 30.0 Å². The van der Waals surface area contributed by atoms with Crippen LogP contribution in [0.3, 0.4) is 0 Å². The van der Waals surface area contributed by atoms with Crippen molar-refractivity contribution < 1.29 is 32.1 Å². The topological polar surface area (TPSA) is 62.2 Å². The molecule has 3 aromatic carbocycles. The fraction of sp³-hybridized carbons (Fsp3) is 0.310. The van der Waals surface area contributed by atoms with Gasteiger partial charge in [0.25, 0.3) is 0 Å². The molecule has 2 atom stereocenters. The number of phenols is 2. The van der Waals surface area contributed by atoms with Crippen molar-refractivity contribution in [3.8, 4) is 23.0 Å². The van der Waals surface area contributed by atoms with Gasteiger partial charge in [-0.2, -0.15) is 0 Å². The molecule has 5 rings (SSSR count). The van der Waals surface area contributed by atoms with Gasteiger partial charge in [-0.3, -0.25) is 4.90 Å². The number of hydrogen-bond donors (Lipinski definition) is 2. The van der Waals surface area contributed by atoms with Gasteiger partial charge < -0.3 is 32.1 Å². The first-order valence-corrected chi connectivity index (χ1v) is 11.9. The molecule has 0 saturated carbocycles. The van der Waals surface area contributed by atoms with Crippen molar-refractivity contribution in [1.29, 1.82) is 0 Å². The molecule has 0 radical (unpaired) electrons. The second-order valence-electron chi connectivity index (χ2n) is 9.38. The van der Waals surface area contributed by atoms with Gasteiger partial charge in [0, 0.05) is 30.3 Å². The summed E-state index contributed by atoms with van der Waals surface area (Å²) in [5.74, 6) is 2.68. The molecule has 0 aliphatic carbocycles. The Balaban J connectivity index is 0.00000289. The minimum absolute atomic E-state index is 0. The first kappa shape index (κ1) is 25.0. The van der Waals surface area contributed by atoms with Gasteiger partial charge >= 0.3 is 0 Å². The van der Waals surface area contributed by atoms with Crippen LogP contribution in [0.4, 0.5) is 0 Å². The van der Waals surface area contributed by atoms with E-state index in [2.05, 4.69) is 18.7 Å². The lowest BCUT2D eigenvalue weighted by Crippen LogP contribution is -3.00. The molecule has 0 amide bonds. The summed E-state index contributed by atoms with van der Waals surface area (Å²) in [5, 5.41) is 19.8. The molecule has 6 heteroatoms. The van der Waals surface area contributed by atoms with E-state index < -0.39 is 0 Å². The van der Waals surface area contributed by atoms with Crippen molar-refractivity contribution in [3.63, 3.8) is 0 Å². The number of aromatic hydroxyl groups is 2. The van der Waals surface area contributed by atoms with Gasteiger partial charge in [0.2, 0.25) is 0 Å². The van der Waals surface area contributed by atoms with E-state index in [0.29, 0.717) is 12.4 Å². The van der Waals surface area contributed by atoms with Gasteiger partial charge in [-0.25, -0.2) is 0 Å². The van der Waals surface area contributed by atoms with Crippen molar-refractivity contribution in [2.45, 2.75) is 26.4 Å². The highest BCUT2D eigenvalue weighted by Gasteiger charge is 2.29. The minimum atomic E-state index is -0.348. The number of halogens is 1. The molecule has 0 unspecified atom stereocenters. The van der Waals surface area contributed by atoms with Crippen LogP contribution < -0.4 is 21.9 Å². The summed E-state index contributed by atoms with van der Waals surface area (Å²) in [7, 11) is 0. The van der Waals surface area contributed by atoms with Crippen LogP contribution in [-0.2, 0) is 0 Å². The van der Waals surface area contributed by atoms with Gasteiger partial charge in [0.05, 0.1) is 0 Å². The number of rotatable bonds is 6. The minimum Gasteiger partial charge on any atom is -1.00 e. The Labute approximate surface area is 213 Å². The molecule has 0 aromatic heterocycles. The van der Waals surface area contributed by atoms with Gasteiger partial charge in [-0.05, 0) is 78.9 Å². The molecule has 3 aromatic rings. The van der Waals surface area contributed by atoms with E-state index in [4.69, 9.17) is 9.47 Å². The van der Waals surface area contributed by atoms with Crippen LogP contribution in [0.25, 0.3) is 11.1 Å². The highest BCUT2D eigenvalue weighted by molar-refractivity contribution is 5.95. The molecular weight excluding hydrogens is 462 g/mol. The van der Waals surface area contributed by atoms with Crippen LogP contribution in [0.2, 0.25) is 0 Å². The predicted molar refractivity (Wildman–Crippen MR) is 134 cm³/mol. The van der Waals surface area contributed by atoms with E-state index in [9.17, 15) is 10.2 Å². The fourth-order valence-electron chi connectivity index (χ4n) is 4.95. The monoisotopic (exact) mass is 492 g/mol. The Hall–Kier alpha value is -3.15. The lowest BCUT2D eigenvalue weighted by Gasteiger charge is -2.31. The predicted octanol–water partition coefficient (Wildman–Crippen LogP) is 2.89. The third-order valence-electron chi connectivity index (χ3n) is 6.83. The number of allylic oxidation sites excluding steroid dienone is 1. The highest BCUT2D eigenvalue weighted by atomic mass is 35.5. The molecule has 35 heavy (non-hydrogen) atoms. The van der Waals surface area contributed by atoms with Crippen molar-refractivity contribution in [3.05, 3.63) is 83.4 Å². The maximum atomic E-state index is 10.0. The van der Waals surface area contributed by atoms with Crippen LogP contribution in [-0.4, -0.2) is 41.4 Å². The van der Waals surface area contributed by atoms with E-state index >= 15 is 0 Å². The van der Waals surface area contributed by atoms with E-state index in [1.807, 2.05) is 42.5 Å². The van der Waals surface area contributed by atoms with Crippen molar-refractivity contribution in [2.75, 3.05) is 26.2 Å². The van der Waals surface area contributed by atoms with Crippen LogP contribution in [0, 0.1) is 5.92 Å². The Morgan fingerprint density at radius 3 is 2.37 bits per heavy atom. The Morgan fingerprint density at radius 1 is 0.971 bits per heavy atom. The third kappa shape index (κ3) is 5.42. The Bertz CT molecular complexity index is 1190. The van der Waals surface area contributed by atoms with Crippen LogP contribution in [0.1, 0.15) is 43.1 Å². The number of phenolic OH excluding ortho intramolecular Hbond substituents is 2. The molecule has 2 heterocycles. The zero-order valence-corrected chi connectivity index (χ0v) is 20.8. The fourth-order valence-corrected chi connectivity index (χ4v) is 4.95. The lowest BCUT2D eigenvalue weighted by molar-refractivity contribution is -0.0000101. The first-order valence-electron chi connectivity index (χ1n) is 11.9. The SMILES string of the molecule is CC1=C(c2ccc(O)cc2)[C@H](c2ccc(OCCN3CC[C@@H](C)C3)cc2)Oc2cc(O)ccc21.[Cl-]. The molecule has 0 spiro atoms. The second kappa shape index (κ2) is 10.6. The molecule has 184 valence electrons. The molecule has 1 saturated heterocycles. The molecule has 1 fully saturated rings. The van der Waals surface area contributed by atoms with Crippen molar-refractivity contribution in [2.24, 2.45) is 5.92 Å². The number of fused-ring (bicyclic) bond motifs is 1. The van der Waals surface area contributed by atoms with Gasteiger partial charge in [0.15, 0.2) is 0 Å².